The van der Waals surface area contributed by atoms with Gasteiger partial charge in [0.15, 0.2) is 0 Å². The Morgan fingerprint density at radius 2 is 1.76 bits per heavy atom. The van der Waals surface area contributed by atoms with Crippen molar-refractivity contribution in [2.75, 3.05) is 6.54 Å². The first-order chi connectivity index (χ1) is 18.2. The molecule has 200 valence electrons. The highest BCUT2D eigenvalue weighted by atomic mass is 16.4. The molecule has 0 spiro atoms. The van der Waals surface area contributed by atoms with Gasteiger partial charge in [0.05, 0.1) is 6.04 Å². The summed E-state index contributed by atoms with van der Waals surface area (Å²) < 4.78 is 0. The van der Waals surface area contributed by atoms with E-state index in [0.717, 1.165) is 22.0 Å². The standard InChI is InChI=1S/C28H33N5O5/c1-17(31-25(34)21(29)14-18-8-3-2-4-9-18)27(36)33-13-7-12-24(33)26(35)32-23(28(37)38)15-19-16-30-22-11-6-5-10-20(19)22/h2-6,8-11,16-17,21,23-24,30H,7,12-15,29H2,1H3,(H,31,34)(H,32,35)(H,37,38). The molecule has 1 fully saturated rings. The van der Waals surface area contributed by atoms with Crippen LogP contribution in [0.3, 0.4) is 0 Å². The van der Waals surface area contributed by atoms with Gasteiger partial charge in [-0.05, 0) is 43.4 Å². The number of carboxylic acid groups (broad SMARTS) is 1. The number of aromatic amines is 1. The number of hydrogen-bond donors (Lipinski definition) is 5. The van der Waals surface area contributed by atoms with Gasteiger partial charge in [-0.15, -0.1) is 0 Å². The van der Waals surface area contributed by atoms with E-state index in [4.69, 9.17) is 5.73 Å². The van der Waals surface area contributed by atoms with Gasteiger partial charge in [0.2, 0.25) is 17.7 Å². The average Bonchev–Trinajstić information content (AvgIpc) is 3.56. The van der Waals surface area contributed by atoms with Crippen molar-refractivity contribution >= 4 is 34.6 Å². The fourth-order valence-corrected chi connectivity index (χ4v) is 4.88. The van der Waals surface area contributed by atoms with Crippen LogP contribution < -0.4 is 16.4 Å². The smallest absolute Gasteiger partial charge is 0.326 e. The summed E-state index contributed by atoms with van der Waals surface area (Å²) in [6.45, 7) is 1.90. The number of likely N-dealkylation sites (tertiary alicyclic amines) is 1. The number of hydrogen-bond acceptors (Lipinski definition) is 5. The van der Waals surface area contributed by atoms with E-state index < -0.39 is 47.9 Å². The Morgan fingerprint density at radius 1 is 1.05 bits per heavy atom. The summed E-state index contributed by atoms with van der Waals surface area (Å²) in [5.74, 6) is -2.55. The van der Waals surface area contributed by atoms with Crippen molar-refractivity contribution in [1.29, 1.82) is 0 Å². The number of carbonyl (C=O) groups excluding carboxylic acids is 3. The Balaban J connectivity index is 1.36. The van der Waals surface area contributed by atoms with Crippen LogP contribution in [0, 0.1) is 0 Å². The van der Waals surface area contributed by atoms with Crippen LogP contribution in [-0.2, 0) is 32.0 Å². The topological polar surface area (TPSA) is 158 Å². The van der Waals surface area contributed by atoms with Crippen molar-refractivity contribution in [1.82, 2.24) is 20.5 Å². The monoisotopic (exact) mass is 519 g/mol. The minimum absolute atomic E-state index is 0.0948. The number of carbonyl (C=O) groups is 4. The highest BCUT2D eigenvalue weighted by molar-refractivity contribution is 5.94. The Morgan fingerprint density at radius 3 is 2.50 bits per heavy atom. The Bertz CT molecular complexity index is 1310. The summed E-state index contributed by atoms with van der Waals surface area (Å²) in [6, 6.07) is 13.2. The van der Waals surface area contributed by atoms with Gasteiger partial charge in [0, 0.05) is 30.1 Å². The van der Waals surface area contributed by atoms with E-state index >= 15 is 0 Å². The Kier molecular flexibility index (Phi) is 8.42. The third kappa shape index (κ3) is 6.20. The molecule has 2 aromatic carbocycles. The average molecular weight is 520 g/mol. The predicted octanol–water partition coefficient (Wildman–Crippen LogP) is 1.35. The molecule has 10 nitrogen and oxygen atoms in total. The first-order valence-corrected chi connectivity index (χ1v) is 12.7. The molecule has 10 heteroatoms. The summed E-state index contributed by atoms with van der Waals surface area (Å²) in [5.41, 5.74) is 8.60. The number of aromatic nitrogens is 1. The van der Waals surface area contributed by atoms with E-state index in [1.54, 1.807) is 13.1 Å². The SMILES string of the molecule is CC(NC(=O)C(N)Cc1ccccc1)C(=O)N1CCCC1C(=O)NC(Cc1c[nH]c2ccccc12)C(=O)O. The fourth-order valence-electron chi connectivity index (χ4n) is 4.88. The number of nitrogens with one attached hydrogen (secondary N) is 3. The molecule has 1 aromatic heterocycles. The highest BCUT2D eigenvalue weighted by Gasteiger charge is 2.38. The number of nitrogens with two attached hydrogens (primary N) is 1. The summed E-state index contributed by atoms with van der Waals surface area (Å²) >= 11 is 0. The zero-order valence-corrected chi connectivity index (χ0v) is 21.2. The largest absolute Gasteiger partial charge is 0.480 e. The molecular weight excluding hydrogens is 486 g/mol. The third-order valence-corrected chi connectivity index (χ3v) is 6.92. The van der Waals surface area contributed by atoms with Crippen molar-refractivity contribution in [3.8, 4) is 0 Å². The molecule has 4 rings (SSSR count). The molecule has 1 saturated heterocycles. The molecule has 4 unspecified atom stereocenters. The summed E-state index contributed by atoms with van der Waals surface area (Å²) in [5, 5.41) is 16.0. The number of amides is 3. The van der Waals surface area contributed by atoms with E-state index in [1.807, 2.05) is 54.6 Å². The molecule has 3 amide bonds. The summed E-state index contributed by atoms with van der Waals surface area (Å²) in [7, 11) is 0. The van der Waals surface area contributed by atoms with Gasteiger partial charge in [-0.1, -0.05) is 48.5 Å². The van der Waals surface area contributed by atoms with Crippen LogP contribution in [0.25, 0.3) is 10.9 Å². The van der Waals surface area contributed by atoms with E-state index in [9.17, 15) is 24.3 Å². The molecule has 0 radical (unpaired) electrons. The summed E-state index contributed by atoms with van der Waals surface area (Å²) in [4.78, 5) is 55.4. The van der Waals surface area contributed by atoms with Crippen LogP contribution in [0.2, 0.25) is 0 Å². The van der Waals surface area contributed by atoms with Crippen LogP contribution >= 0.6 is 0 Å². The molecular formula is C28H33N5O5. The number of benzene rings is 2. The van der Waals surface area contributed by atoms with Crippen molar-refractivity contribution in [3.63, 3.8) is 0 Å². The second kappa shape index (κ2) is 11.9. The molecule has 0 saturated carbocycles. The lowest BCUT2D eigenvalue weighted by Gasteiger charge is -2.28. The van der Waals surface area contributed by atoms with Crippen LogP contribution in [0.1, 0.15) is 30.9 Å². The second-order valence-electron chi connectivity index (χ2n) is 9.68. The lowest BCUT2D eigenvalue weighted by molar-refractivity contribution is -0.144. The molecule has 0 bridgehead atoms. The van der Waals surface area contributed by atoms with Gasteiger partial charge in [0.1, 0.15) is 18.1 Å². The molecule has 4 atom stereocenters. The highest BCUT2D eigenvalue weighted by Crippen LogP contribution is 2.21. The molecule has 3 aromatic rings. The minimum atomic E-state index is -1.16. The fraction of sp³-hybridized carbons (Fsp3) is 0.357. The second-order valence-corrected chi connectivity index (χ2v) is 9.68. The molecule has 6 N–H and O–H groups in total. The van der Waals surface area contributed by atoms with Crippen molar-refractivity contribution in [2.24, 2.45) is 5.73 Å². The van der Waals surface area contributed by atoms with Gasteiger partial charge in [-0.3, -0.25) is 14.4 Å². The number of fused-ring (bicyclic) bond motifs is 1. The zero-order valence-electron chi connectivity index (χ0n) is 21.2. The zero-order chi connectivity index (χ0) is 27.2. The van der Waals surface area contributed by atoms with Crippen molar-refractivity contribution in [2.45, 2.75) is 56.8 Å². The minimum Gasteiger partial charge on any atom is -0.480 e. The number of H-pyrrole nitrogens is 1. The molecule has 1 aliphatic rings. The first kappa shape index (κ1) is 26.9. The van der Waals surface area contributed by atoms with E-state index in [1.165, 1.54) is 4.90 Å². The maximum Gasteiger partial charge on any atom is 0.326 e. The van der Waals surface area contributed by atoms with Gasteiger partial charge < -0.3 is 31.4 Å². The maximum atomic E-state index is 13.2. The molecule has 38 heavy (non-hydrogen) atoms. The quantitative estimate of drug-likeness (QED) is 0.272. The third-order valence-electron chi connectivity index (χ3n) is 6.92. The lowest BCUT2D eigenvalue weighted by Crippen LogP contribution is -2.56. The number of para-hydroxylation sites is 1. The first-order valence-electron chi connectivity index (χ1n) is 12.7. The Labute approximate surface area is 220 Å². The molecule has 2 heterocycles. The number of aliphatic carboxylic acids is 1. The molecule has 0 aliphatic carbocycles. The summed E-state index contributed by atoms with van der Waals surface area (Å²) in [6.07, 6.45) is 3.17. The van der Waals surface area contributed by atoms with Crippen LogP contribution in [0.5, 0.6) is 0 Å². The van der Waals surface area contributed by atoms with E-state index in [2.05, 4.69) is 15.6 Å². The maximum absolute atomic E-state index is 13.2. The van der Waals surface area contributed by atoms with Crippen LogP contribution in [0.4, 0.5) is 0 Å². The van der Waals surface area contributed by atoms with Gasteiger partial charge in [0.25, 0.3) is 0 Å². The number of carboxylic acids is 1. The van der Waals surface area contributed by atoms with Gasteiger partial charge in [-0.2, -0.15) is 0 Å². The lowest BCUT2D eigenvalue weighted by atomic mass is 10.0. The number of rotatable bonds is 10. The van der Waals surface area contributed by atoms with Crippen LogP contribution in [0.15, 0.2) is 60.8 Å². The predicted molar refractivity (Wildman–Crippen MR) is 142 cm³/mol. The molecule has 1 aliphatic heterocycles. The van der Waals surface area contributed by atoms with Gasteiger partial charge >= 0.3 is 5.97 Å². The Hall–Kier alpha value is -4.18. The van der Waals surface area contributed by atoms with E-state index in [0.29, 0.717) is 25.8 Å². The van der Waals surface area contributed by atoms with E-state index in [-0.39, 0.29) is 6.42 Å². The van der Waals surface area contributed by atoms with Crippen LogP contribution in [-0.4, -0.2) is 69.4 Å². The normalized spacial score (nSPS) is 17.5. The van der Waals surface area contributed by atoms with Gasteiger partial charge in [-0.25, -0.2) is 4.79 Å². The van der Waals surface area contributed by atoms with Crippen molar-refractivity contribution in [3.05, 3.63) is 71.9 Å². The van der Waals surface area contributed by atoms with Crippen molar-refractivity contribution < 1.29 is 24.3 Å². The number of nitrogens with zero attached hydrogens (tertiary/aromatic N) is 1.